The summed E-state index contributed by atoms with van der Waals surface area (Å²) >= 11 is 0. The van der Waals surface area contributed by atoms with E-state index < -0.39 is 0 Å². The molecule has 27 heavy (non-hydrogen) atoms. The van der Waals surface area contributed by atoms with Crippen LogP contribution in [0.3, 0.4) is 0 Å². The molecule has 6 nitrogen and oxygen atoms in total. The zero-order chi connectivity index (χ0) is 18.0. The van der Waals surface area contributed by atoms with Gasteiger partial charge in [0.25, 0.3) is 0 Å². The molecule has 0 saturated heterocycles. The fourth-order valence-corrected chi connectivity index (χ4v) is 3.56. The predicted molar refractivity (Wildman–Crippen MR) is 121 cm³/mol. The Kier molecular flexibility index (Phi) is 9.58. The summed E-state index contributed by atoms with van der Waals surface area (Å²) in [4.78, 5) is 4.68. The predicted octanol–water partition coefficient (Wildman–Crippen LogP) is 3.91. The Labute approximate surface area is 179 Å². The van der Waals surface area contributed by atoms with E-state index in [9.17, 15) is 0 Å². The first kappa shape index (κ1) is 21.7. The Morgan fingerprint density at radius 1 is 1.19 bits per heavy atom. The SMILES string of the molecule is CCNC(=NCc1nncn1-c1ccccc1)NCCCC1CCCC1.I. The lowest BCUT2D eigenvalue weighted by Gasteiger charge is -2.13. The van der Waals surface area contributed by atoms with E-state index in [0.29, 0.717) is 6.54 Å². The van der Waals surface area contributed by atoms with E-state index >= 15 is 0 Å². The molecular weight excluding hydrogens is 451 g/mol. The molecule has 1 saturated carbocycles. The number of nitrogens with one attached hydrogen (secondary N) is 2. The van der Waals surface area contributed by atoms with Gasteiger partial charge in [-0.3, -0.25) is 4.57 Å². The van der Waals surface area contributed by atoms with Crippen molar-refractivity contribution in [3.8, 4) is 5.69 Å². The van der Waals surface area contributed by atoms with Gasteiger partial charge in [0.05, 0.1) is 0 Å². The van der Waals surface area contributed by atoms with Crippen molar-refractivity contribution in [3.63, 3.8) is 0 Å². The summed E-state index contributed by atoms with van der Waals surface area (Å²) in [7, 11) is 0. The molecule has 0 radical (unpaired) electrons. The van der Waals surface area contributed by atoms with Crippen LogP contribution >= 0.6 is 24.0 Å². The molecule has 0 unspecified atom stereocenters. The van der Waals surface area contributed by atoms with Gasteiger partial charge in [0, 0.05) is 18.8 Å². The number of guanidine groups is 1. The molecule has 1 heterocycles. The lowest BCUT2D eigenvalue weighted by molar-refractivity contribution is 0.481. The van der Waals surface area contributed by atoms with Crippen LogP contribution in [0.2, 0.25) is 0 Å². The van der Waals surface area contributed by atoms with Crippen LogP contribution < -0.4 is 10.6 Å². The average Bonchev–Trinajstić information content (AvgIpc) is 3.35. The van der Waals surface area contributed by atoms with Gasteiger partial charge in [0.1, 0.15) is 12.9 Å². The van der Waals surface area contributed by atoms with Crippen LogP contribution in [0.1, 0.15) is 51.3 Å². The van der Waals surface area contributed by atoms with E-state index in [-0.39, 0.29) is 24.0 Å². The van der Waals surface area contributed by atoms with Crippen LogP contribution in [0.25, 0.3) is 5.69 Å². The van der Waals surface area contributed by atoms with Crippen LogP contribution in [0.5, 0.6) is 0 Å². The highest BCUT2D eigenvalue weighted by atomic mass is 127. The van der Waals surface area contributed by atoms with Crippen molar-refractivity contribution in [2.45, 2.75) is 52.0 Å². The summed E-state index contributed by atoms with van der Waals surface area (Å²) in [6, 6.07) is 10.1. The van der Waals surface area contributed by atoms with Crippen LogP contribution in [0.15, 0.2) is 41.7 Å². The first-order chi connectivity index (χ1) is 12.9. The Hall–Kier alpha value is -1.64. The lowest BCUT2D eigenvalue weighted by atomic mass is 10.0. The molecule has 2 N–H and O–H groups in total. The quantitative estimate of drug-likeness (QED) is 0.259. The average molecular weight is 482 g/mol. The normalized spacial score (nSPS) is 14.8. The van der Waals surface area contributed by atoms with Crippen molar-refractivity contribution in [1.82, 2.24) is 25.4 Å². The standard InChI is InChI=1S/C20H30N6.HI/c1-2-21-20(22-14-8-11-17-9-6-7-10-17)23-15-19-25-24-16-26(19)18-12-4-3-5-13-18;/h3-5,12-13,16-17H,2,6-11,14-15H2,1H3,(H2,21,22,23);1H. The summed E-state index contributed by atoms with van der Waals surface area (Å²) in [5, 5.41) is 15.0. The van der Waals surface area contributed by atoms with Crippen LogP contribution in [-0.2, 0) is 6.54 Å². The summed E-state index contributed by atoms with van der Waals surface area (Å²) in [5.74, 6) is 2.63. The minimum absolute atomic E-state index is 0. The van der Waals surface area contributed by atoms with E-state index in [1.54, 1.807) is 6.33 Å². The number of hydrogen-bond donors (Lipinski definition) is 2. The lowest BCUT2D eigenvalue weighted by Crippen LogP contribution is -2.37. The van der Waals surface area contributed by atoms with Crippen LogP contribution in [0, 0.1) is 5.92 Å². The van der Waals surface area contributed by atoms with Crippen molar-refractivity contribution in [1.29, 1.82) is 0 Å². The maximum atomic E-state index is 4.68. The largest absolute Gasteiger partial charge is 0.357 e. The van der Waals surface area contributed by atoms with Gasteiger partial charge in [-0.1, -0.05) is 43.9 Å². The first-order valence-corrected chi connectivity index (χ1v) is 9.83. The van der Waals surface area contributed by atoms with Gasteiger partial charge in [-0.15, -0.1) is 34.2 Å². The molecule has 7 heteroatoms. The first-order valence-electron chi connectivity index (χ1n) is 9.83. The highest BCUT2D eigenvalue weighted by molar-refractivity contribution is 14.0. The van der Waals surface area contributed by atoms with Gasteiger partial charge in [-0.25, -0.2) is 4.99 Å². The maximum Gasteiger partial charge on any atom is 0.191 e. The smallest absolute Gasteiger partial charge is 0.191 e. The topological polar surface area (TPSA) is 67.1 Å². The van der Waals surface area contributed by atoms with Gasteiger partial charge < -0.3 is 10.6 Å². The van der Waals surface area contributed by atoms with Gasteiger partial charge in [0.2, 0.25) is 0 Å². The fourth-order valence-electron chi connectivity index (χ4n) is 3.56. The molecule has 3 rings (SSSR count). The molecule has 1 aliphatic carbocycles. The third-order valence-electron chi connectivity index (χ3n) is 4.93. The molecule has 1 aliphatic rings. The van der Waals surface area contributed by atoms with E-state index in [1.165, 1.54) is 38.5 Å². The minimum Gasteiger partial charge on any atom is -0.357 e. The molecule has 2 aromatic rings. The highest BCUT2D eigenvalue weighted by Gasteiger charge is 2.14. The number of benzene rings is 1. The third kappa shape index (κ3) is 6.79. The number of aromatic nitrogens is 3. The van der Waals surface area contributed by atoms with Gasteiger partial charge in [0.15, 0.2) is 11.8 Å². The molecule has 1 aromatic carbocycles. The molecule has 1 aromatic heterocycles. The Morgan fingerprint density at radius 3 is 2.70 bits per heavy atom. The van der Waals surface area contributed by atoms with E-state index in [1.807, 2.05) is 34.9 Å². The second-order valence-electron chi connectivity index (χ2n) is 6.87. The van der Waals surface area contributed by atoms with E-state index in [0.717, 1.165) is 36.5 Å². The molecule has 0 aliphatic heterocycles. The van der Waals surface area contributed by atoms with Gasteiger partial charge in [-0.05, 0) is 37.8 Å². The van der Waals surface area contributed by atoms with Crippen LogP contribution in [0.4, 0.5) is 0 Å². The second-order valence-corrected chi connectivity index (χ2v) is 6.87. The molecule has 0 atom stereocenters. The van der Waals surface area contributed by atoms with Crippen molar-refractivity contribution < 1.29 is 0 Å². The molecule has 1 fully saturated rings. The van der Waals surface area contributed by atoms with Crippen molar-refractivity contribution in [2.24, 2.45) is 10.9 Å². The number of para-hydroxylation sites is 1. The third-order valence-corrected chi connectivity index (χ3v) is 4.93. The zero-order valence-corrected chi connectivity index (χ0v) is 18.4. The summed E-state index contributed by atoms with van der Waals surface area (Å²) in [6.45, 7) is 4.39. The summed E-state index contributed by atoms with van der Waals surface area (Å²) in [6.07, 6.45) is 9.95. The fraction of sp³-hybridized carbons (Fsp3) is 0.550. The Balaban J connectivity index is 0.00000261. The number of halogens is 1. The van der Waals surface area contributed by atoms with E-state index in [4.69, 9.17) is 0 Å². The highest BCUT2D eigenvalue weighted by Crippen LogP contribution is 2.28. The Morgan fingerprint density at radius 2 is 1.96 bits per heavy atom. The molecule has 0 spiro atoms. The zero-order valence-electron chi connectivity index (χ0n) is 16.1. The molecule has 0 amide bonds. The summed E-state index contributed by atoms with van der Waals surface area (Å²) < 4.78 is 1.98. The summed E-state index contributed by atoms with van der Waals surface area (Å²) in [5.41, 5.74) is 1.05. The monoisotopic (exact) mass is 482 g/mol. The van der Waals surface area contributed by atoms with Crippen molar-refractivity contribution in [3.05, 3.63) is 42.5 Å². The van der Waals surface area contributed by atoms with Crippen LogP contribution in [-0.4, -0.2) is 33.8 Å². The second kappa shape index (κ2) is 11.9. The van der Waals surface area contributed by atoms with E-state index in [2.05, 4.69) is 32.7 Å². The maximum absolute atomic E-state index is 4.68. The molecular formula is C20H31IN6. The van der Waals surface area contributed by atoms with Crippen molar-refractivity contribution in [2.75, 3.05) is 13.1 Å². The number of nitrogens with zero attached hydrogens (tertiary/aromatic N) is 4. The van der Waals surface area contributed by atoms with Gasteiger partial charge >= 0.3 is 0 Å². The Bertz CT molecular complexity index is 679. The van der Waals surface area contributed by atoms with Gasteiger partial charge in [-0.2, -0.15) is 0 Å². The molecule has 148 valence electrons. The number of rotatable bonds is 8. The van der Waals surface area contributed by atoms with Crippen molar-refractivity contribution >= 4 is 29.9 Å². The molecule has 0 bridgehead atoms. The number of hydrogen-bond acceptors (Lipinski definition) is 3. The minimum atomic E-state index is 0. The number of aliphatic imine (C=N–C) groups is 1.